The number of piperidine rings is 1. The van der Waals surface area contributed by atoms with Gasteiger partial charge in [0.25, 0.3) is 0 Å². The summed E-state index contributed by atoms with van der Waals surface area (Å²) in [7, 11) is 2.22. The van der Waals surface area contributed by atoms with E-state index in [9.17, 15) is 5.11 Å². The molecule has 1 heterocycles. The summed E-state index contributed by atoms with van der Waals surface area (Å²) in [5.74, 6) is 0.955. The fraction of sp³-hybridized carbons (Fsp3) is 0.647. The monoisotopic (exact) mass is 275 g/mol. The third-order valence-electron chi connectivity index (χ3n) is 4.80. The van der Waals surface area contributed by atoms with Crippen molar-refractivity contribution in [1.82, 2.24) is 4.90 Å². The molecule has 0 saturated carbocycles. The average Bonchev–Trinajstić information content (AvgIpc) is 2.82. The number of hydrogen-bond acceptors (Lipinski definition) is 3. The summed E-state index contributed by atoms with van der Waals surface area (Å²) in [6, 6.07) is 6.81. The van der Waals surface area contributed by atoms with Crippen molar-refractivity contribution in [3.8, 4) is 5.75 Å². The van der Waals surface area contributed by atoms with E-state index in [2.05, 4.69) is 18.0 Å². The van der Waals surface area contributed by atoms with Crippen molar-refractivity contribution >= 4 is 0 Å². The van der Waals surface area contributed by atoms with Gasteiger partial charge in [-0.3, -0.25) is 0 Å². The number of fused-ring (bicyclic) bond motifs is 1. The Morgan fingerprint density at radius 3 is 3.05 bits per heavy atom. The van der Waals surface area contributed by atoms with Crippen LogP contribution in [0.25, 0.3) is 0 Å². The van der Waals surface area contributed by atoms with E-state index in [1.807, 2.05) is 12.1 Å². The lowest BCUT2D eigenvalue weighted by atomic mass is 10.0. The average molecular weight is 275 g/mol. The highest BCUT2D eigenvalue weighted by Crippen LogP contribution is 2.33. The normalized spacial score (nSPS) is 26.5. The smallest absolute Gasteiger partial charge is 0.119 e. The summed E-state index contributed by atoms with van der Waals surface area (Å²) >= 11 is 0. The highest BCUT2D eigenvalue weighted by molar-refractivity contribution is 5.39. The molecule has 1 fully saturated rings. The van der Waals surface area contributed by atoms with Crippen molar-refractivity contribution in [2.24, 2.45) is 0 Å². The highest BCUT2D eigenvalue weighted by Gasteiger charge is 2.21. The Hall–Kier alpha value is -1.06. The number of likely N-dealkylation sites (tertiary alicyclic amines) is 1. The van der Waals surface area contributed by atoms with Crippen LogP contribution in [0.1, 0.15) is 49.3 Å². The van der Waals surface area contributed by atoms with Gasteiger partial charge in [0.05, 0.1) is 12.7 Å². The highest BCUT2D eigenvalue weighted by atomic mass is 16.5. The van der Waals surface area contributed by atoms with Gasteiger partial charge in [0, 0.05) is 6.04 Å². The number of hydrogen-bond donors (Lipinski definition) is 1. The number of nitrogens with zero attached hydrogens (tertiary/aromatic N) is 1. The first-order valence-corrected chi connectivity index (χ1v) is 7.88. The Balaban J connectivity index is 1.51. The van der Waals surface area contributed by atoms with Gasteiger partial charge in [0.15, 0.2) is 0 Å². The van der Waals surface area contributed by atoms with Crippen LogP contribution in [0.5, 0.6) is 5.75 Å². The first-order chi connectivity index (χ1) is 9.74. The van der Waals surface area contributed by atoms with E-state index in [1.165, 1.54) is 31.4 Å². The molecule has 1 aliphatic carbocycles. The van der Waals surface area contributed by atoms with Crippen molar-refractivity contribution in [3.63, 3.8) is 0 Å². The lowest BCUT2D eigenvalue weighted by Crippen LogP contribution is -2.37. The van der Waals surface area contributed by atoms with Crippen LogP contribution >= 0.6 is 0 Å². The maximum absolute atomic E-state index is 9.80. The molecule has 20 heavy (non-hydrogen) atoms. The van der Waals surface area contributed by atoms with Crippen LogP contribution in [-0.4, -0.2) is 36.2 Å². The van der Waals surface area contributed by atoms with Gasteiger partial charge >= 0.3 is 0 Å². The number of aliphatic hydroxyl groups is 1. The van der Waals surface area contributed by atoms with Crippen LogP contribution in [0, 0.1) is 0 Å². The van der Waals surface area contributed by atoms with Crippen molar-refractivity contribution in [2.75, 3.05) is 20.2 Å². The molecule has 1 unspecified atom stereocenters. The summed E-state index contributed by atoms with van der Waals surface area (Å²) < 4.78 is 5.91. The van der Waals surface area contributed by atoms with Crippen molar-refractivity contribution in [1.29, 1.82) is 0 Å². The Bertz CT molecular complexity index is 460. The van der Waals surface area contributed by atoms with Gasteiger partial charge in [-0.25, -0.2) is 0 Å². The maximum atomic E-state index is 9.80. The van der Waals surface area contributed by atoms with Crippen molar-refractivity contribution in [3.05, 3.63) is 29.3 Å². The van der Waals surface area contributed by atoms with E-state index in [4.69, 9.17) is 4.74 Å². The molecular weight excluding hydrogens is 250 g/mol. The summed E-state index contributed by atoms with van der Waals surface area (Å²) in [4.78, 5) is 2.46. The third kappa shape index (κ3) is 2.99. The van der Waals surface area contributed by atoms with Crippen LogP contribution in [-0.2, 0) is 6.42 Å². The molecule has 1 saturated heterocycles. The maximum Gasteiger partial charge on any atom is 0.119 e. The predicted molar refractivity (Wildman–Crippen MR) is 80.1 cm³/mol. The van der Waals surface area contributed by atoms with Crippen LogP contribution in [0.15, 0.2) is 18.2 Å². The minimum atomic E-state index is -0.269. The number of aryl methyl sites for hydroxylation is 1. The van der Waals surface area contributed by atoms with E-state index >= 15 is 0 Å². The molecule has 3 rings (SSSR count). The second kappa shape index (κ2) is 6.15. The predicted octanol–water partition coefficient (Wildman–Crippen LogP) is 2.92. The Kier molecular flexibility index (Phi) is 4.27. The summed E-state index contributed by atoms with van der Waals surface area (Å²) in [5.41, 5.74) is 2.34. The third-order valence-corrected chi connectivity index (χ3v) is 4.80. The Morgan fingerprint density at radius 1 is 1.30 bits per heavy atom. The molecule has 0 radical (unpaired) electrons. The molecule has 2 aliphatic rings. The van der Waals surface area contributed by atoms with E-state index in [1.54, 1.807) is 0 Å². The van der Waals surface area contributed by atoms with Crippen molar-refractivity contribution in [2.45, 2.75) is 50.7 Å². The lowest BCUT2D eigenvalue weighted by Gasteiger charge is -2.32. The zero-order chi connectivity index (χ0) is 13.9. The van der Waals surface area contributed by atoms with Crippen LogP contribution in [0.2, 0.25) is 0 Å². The summed E-state index contributed by atoms with van der Waals surface area (Å²) in [6.45, 7) is 2.01. The molecule has 2 atom stereocenters. The van der Waals surface area contributed by atoms with E-state index in [0.717, 1.165) is 37.2 Å². The van der Waals surface area contributed by atoms with Gasteiger partial charge in [-0.05, 0) is 69.0 Å². The quantitative estimate of drug-likeness (QED) is 0.917. The molecule has 110 valence electrons. The van der Waals surface area contributed by atoms with E-state index in [-0.39, 0.29) is 6.10 Å². The summed E-state index contributed by atoms with van der Waals surface area (Å²) in [5, 5.41) is 9.80. The van der Waals surface area contributed by atoms with Gasteiger partial charge in [-0.15, -0.1) is 0 Å². The number of aliphatic hydroxyl groups excluding tert-OH is 1. The Morgan fingerprint density at radius 2 is 2.20 bits per heavy atom. The van der Waals surface area contributed by atoms with Crippen LogP contribution < -0.4 is 4.74 Å². The molecule has 1 aliphatic heterocycles. The zero-order valence-electron chi connectivity index (χ0n) is 12.3. The first-order valence-electron chi connectivity index (χ1n) is 7.88. The largest absolute Gasteiger partial charge is 0.494 e. The van der Waals surface area contributed by atoms with E-state index in [0.29, 0.717) is 6.04 Å². The molecule has 3 heteroatoms. The second-order valence-electron chi connectivity index (χ2n) is 6.18. The Labute approximate surface area is 121 Å². The molecule has 1 aromatic rings. The van der Waals surface area contributed by atoms with Crippen molar-refractivity contribution < 1.29 is 9.84 Å². The molecule has 1 N–H and O–H groups in total. The molecule has 0 aromatic heterocycles. The second-order valence-corrected chi connectivity index (χ2v) is 6.18. The SMILES string of the molecule is CN1CCCCC1CCOc1ccc2c(c1)CC[C@H]2O. The van der Waals surface area contributed by atoms with Gasteiger partial charge in [0.1, 0.15) is 5.75 Å². The summed E-state index contributed by atoms with van der Waals surface area (Å²) in [6.07, 6.45) is 6.65. The number of benzene rings is 1. The minimum Gasteiger partial charge on any atom is -0.494 e. The molecule has 1 aromatic carbocycles. The number of ether oxygens (including phenoxy) is 1. The van der Waals surface area contributed by atoms with Gasteiger partial charge in [-0.1, -0.05) is 12.5 Å². The van der Waals surface area contributed by atoms with Gasteiger partial charge in [-0.2, -0.15) is 0 Å². The number of rotatable bonds is 4. The zero-order valence-corrected chi connectivity index (χ0v) is 12.3. The van der Waals surface area contributed by atoms with Gasteiger partial charge < -0.3 is 14.7 Å². The standard InChI is InChI=1S/C17H25NO2/c1-18-10-3-2-4-14(18)9-11-20-15-6-7-16-13(12-15)5-8-17(16)19/h6-7,12,14,17,19H,2-5,8-11H2,1H3/t14?,17-/m1/s1. The fourth-order valence-electron chi connectivity index (χ4n) is 3.48. The van der Waals surface area contributed by atoms with Crippen LogP contribution in [0.3, 0.4) is 0 Å². The fourth-order valence-corrected chi connectivity index (χ4v) is 3.48. The molecule has 0 spiro atoms. The van der Waals surface area contributed by atoms with Gasteiger partial charge in [0.2, 0.25) is 0 Å². The minimum absolute atomic E-state index is 0.269. The van der Waals surface area contributed by atoms with E-state index < -0.39 is 0 Å². The molecule has 0 amide bonds. The topological polar surface area (TPSA) is 32.7 Å². The molecular formula is C17H25NO2. The van der Waals surface area contributed by atoms with Crippen LogP contribution in [0.4, 0.5) is 0 Å². The first kappa shape index (κ1) is 13.9. The molecule has 0 bridgehead atoms. The molecule has 3 nitrogen and oxygen atoms in total. The lowest BCUT2D eigenvalue weighted by molar-refractivity contribution is 0.153.